The molecule has 0 radical (unpaired) electrons. The van der Waals surface area contributed by atoms with Crippen LogP contribution in [0.1, 0.15) is 5.56 Å². The van der Waals surface area contributed by atoms with Crippen LogP contribution in [0.15, 0.2) is 46.2 Å². The van der Waals surface area contributed by atoms with Gasteiger partial charge in [-0.25, -0.2) is 12.7 Å². The zero-order valence-corrected chi connectivity index (χ0v) is 16.7. The van der Waals surface area contributed by atoms with Crippen LogP contribution in [0.4, 0.5) is 0 Å². The highest BCUT2D eigenvalue weighted by Crippen LogP contribution is 2.23. The molecule has 2 rings (SSSR count). The predicted molar refractivity (Wildman–Crippen MR) is 101 cm³/mol. The summed E-state index contributed by atoms with van der Waals surface area (Å²) in [7, 11) is 2.68. The maximum Gasteiger partial charge on any atom is 0.251 e. The maximum atomic E-state index is 12.3. The molecular formula is C17H22ClN3O4S. The molecule has 1 aromatic heterocycles. The number of rotatable bonds is 7. The van der Waals surface area contributed by atoms with Crippen molar-refractivity contribution in [2.45, 2.75) is 18.1 Å². The molecule has 0 spiro atoms. The third kappa shape index (κ3) is 4.64. The van der Waals surface area contributed by atoms with Crippen molar-refractivity contribution in [2.75, 3.05) is 28.3 Å². The molecule has 2 aromatic rings. The van der Waals surface area contributed by atoms with Crippen LogP contribution in [0.2, 0.25) is 5.02 Å². The first-order valence-electron chi connectivity index (χ1n) is 7.79. The summed E-state index contributed by atoms with van der Waals surface area (Å²) >= 11 is 6.04. The Morgan fingerprint density at radius 2 is 1.85 bits per heavy atom. The molecule has 0 saturated carbocycles. The monoisotopic (exact) mass is 399 g/mol. The molecule has 142 valence electrons. The second-order valence-corrected chi connectivity index (χ2v) is 8.66. The van der Waals surface area contributed by atoms with Gasteiger partial charge in [0.05, 0.1) is 18.7 Å². The summed E-state index contributed by atoms with van der Waals surface area (Å²) in [6.07, 6.45) is 1.35. The topological polar surface area (TPSA) is 71.8 Å². The third-order valence-corrected chi connectivity index (χ3v) is 5.85. The zero-order valence-electron chi connectivity index (χ0n) is 15.1. The van der Waals surface area contributed by atoms with E-state index in [9.17, 15) is 13.2 Å². The largest absolute Gasteiger partial charge is 0.496 e. The van der Waals surface area contributed by atoms with Gasteiger partial charge < -0.3 is 9.30 Å². The minimum Gasteiger partial charge on any atom is -0.496 e. The summed E-state index contributed by atoms with van der Waals surface area (Å²) < 4.78 is 32.3. The van der Waals surface area contributed by atoms with Gasteiger partial charge in [-0.05, 0) is 31.3 Å². The van der Waals surface area contributed by atoms with E-state index in [1.54, 1.807) is 25.3 Å². The van der Waals surface area contributed by atoms with Gasteiger partial charge in [0, 0.05) is 43.5 Å². The average Bonchev–Trinajstić information content (AvgIpc) is 2.56. The lowest BCUT2D eigenvalue weighted by molar-refractivity contribution is 0.251. The van der Waals surface area contributed by atoms with E-state index in [1.807, 2.05) is 11.9 Å². The number of aromatic nitrogens is 1. The Morgan fingerprint density at radius 1 is 1.15 bits per heavy atom. The summed E-state index contributed by atoms with van der Waals surface area (Å²) in [5.74, 6) is 0.692. The fourth-order valence-electron chi connectivity index (χ4n) is 2.45. The van der Waals surface area contributed by atoms with Crippen LogP contribution >= 0.6 is 11.6 Å². The number of ether oxygens (including phenoxy) is 1. The van der Waals surface area contributed by atoms with Gasteiger partial charge in [-0.1, -0.05) is 11.6 Å². The van der Waals surface area contributed by atoms with Crippen LogP contribution in [0, 0.1) is 0 Å². The molecule has 7 nitrogen and oxygen atoms in total. The summed E-state index contributed by atoms with van der Waals surface area (Å²) in [6.45, 7) is 0.687. The van der Waals surface area contributed by atoms with Gasteiger partial charge in [-0.15, -0.1) is 0 Å². The van der Waals surface area contributed by atoms with Gasteiger partial charge in [0.1, 0.15) is 5.75 Å². The van der Waals surface area contributed by atoms with E-state index in [-0.39, 0.29) is 17.1 Å². The molecule has 0 atom stereocenters. The van der Waals surface area contributed by atoms with E-state index in [0.29, 0.717) is 17.3 Å². The van der Waals surface area contributed by atoms with Gasteiger partial charge in [0.15, 0.2) is 0 Å². The fraction of sp³-hybridized carbons (Fsp3) is 0.353. The van der Waals surface area contributed by atoms with E-state index >= 15 is 0 Å². The van der Waals surface area contributed by atoms with Crippen LogP contribution in [0.3, 0.4) is 0 Å². The molecule has 0 saturated heterocycles. The molecule has 26 heavy (non-hydrogen) atoms. The summed E-state index contributed by atoms with van der Waals surface area (Å²) in [5.41, 5.74) is 0.584. The standard InChI is InChI=1S/C17H22ClN3O4S/c1-19(2)26(23,24)15-6-8-17(22)21(11-15)12-20(3)10-13-9-14(18)5-7-16(13)25-4/h5-9,11H,10,12H2,1-4H3. The number of benzene rings is 1. The lowest BCUT2D eigenvalue weighted by Gasteiger charge is -2.20. The van der Waals surface area contributed by atoms with Crippen molar-refractivity contribution in [3.8, 4) is 5.75 Å². The normalized spacial score (nSPS) is 12.0. The SMILES string of the molecule is COc1ccc(Cl)cc1CN(C)Cn1cc(S(=O)(=O)N(C)C)ccc1=O. The first-order valence-corrected chi connectivity index (χ1v) is 9.61. The maximum absolute atomic E-state index is 12.3. The first-order chi connectivity index (χ1) is 12.1. The number of nitrogens with zero attached hydrogens (tertiary/aromatic N) is 3. The molecule has 0 fully saturated rings. The van der Waals surface area contributed by atoms with E-state index in [2.05, 4.69) is 0 Å². The van der Waals surface area contributed by atoms with Crippen molar-refractivity contribution < 1.29 is 13.2 Å². The molecule has 0 aliphatic rings. The third-order valence-electron chi connectivity index (χ3n) is 3.81. The van der Waals surface area contributed by atoms with Crippen LogP contribution in [0.5, 0.6) is 5.75 Å². The Balaban J connectivity index is 2.26. The van der Waals surface area contributed by atoms with Crippen molar-refractivity contribution in [2.24, 2.45) is 0 Å². The van der Waals surface area contributed by atoms with Gasteiger partial charge >= 0.3 is 0 Å². The molecule has 1 heterocycles. The molecule has 0 aliphatic carbocycles. The van der Waals surface area contributed by atoms with Crippen LogP contribution < -0.4 is 10.3 Å². The Bertz CT molecular complexity index is 941. The summed E-state index contributed by atoms with van der Waals surface area (Å²) in [6, 6.07) is 7.89. The average molecular weight is 400 g/mol. The van der Waals surface area contributed by atoms with Gasteiger partial charge in [-0.2, -0.15) is 0 Å². The van der Waals surface area contributed by atoms with Crippen molar-refractivity contribution in [3.63, 3.8) is 0 Å². The molecule has 0 aliphatic heterocycles. The second kappa shape index (κ2) is 8.22. The molecule has 9 heteroatoms. The molecular weight excluding hydrogens is 378 g/mol. The number of hydrogen-bond acceptors (Lipinski definition) is 5. The van der Waals surface area contributed by atoms with Crippen LogP contribution in [0.25, 0.3) is 0 Å². The highest BCUT2D eigenvalue weighted by atomic mass is 35.5. The Kier molecular flexibility index (Phi) is 6.46. The fourth-order valence-corrected chi connectivity index (χ4v) is 3.57. The smallest absolute Gasteiger partial charge is 0.251 e. The first kappa shape index (κ1) is 20.4. The molecule has 1 aromatic carbocycles. The van der Waals surface area contributed by atoms with E-state index < -0.39 is 10.0 Å². The molecule has 0 N–H and O–H groups in total. The second-order valence-electron chi connectivity index (χ2n) is 6.07. The van der Waals surface area contributed by atoms with Crippen molar-refractivity contribution in [3.05, 3.63) is 57.5 Å². The van der Waals surface area contributed by atoms with Crippen LogP contribution in [-0.4, -0.2) is 50.4 Å². The minimum absolute atomic E-state index is 0.0656. The van der Waals surface area contributed by atoms with Gasteiger partial charge in [0.2, 0.25) is 10.0 Å². The number of sulfonamides is 1. The predicted octanol–water partition coefficient (Wildman–Crippen LogP) is 1.85. The van der Waals surface area contributed by atoms with Gasteiger partial charge in [-0.3, -0.25) is 9.69 Å². The molecule has 0 unspecified atom stereocenters. The summed E-state index contributed by atoms with van der Waals surface area (Å²) in [5, 5.41) is 0.588. The quantitative estimate of drug-likeness (QED) is 0.710. The van der Waals surface area contributed by atoms with E-state index in [0.717, 1.165) is 9.87 Å². The van der Waals surface area contributed by atoms with Crippen LogP contribution in [-0.2, 0) is 23.2 Å². The van der Waals surface area contributed by atoms with Crippen molar-refractivity contribution in [1.82, 2.24) is 13.8 Å². The van der Waals surface area contributed by atoms with Crippen molar-refractivity contribution >= 4 is 21.6 Å². The molecule has 0 amide bonds. The van der Waals surface area contributed by atoms with Gasteiger partial charge in [0.25, 0.3) is 5.56 Å². The minimum atomic E-state index is -3.61. The highest BCUT2D eigenvalue weighted by molar-refractivity contribution is 7.89. The number of hydrogen-bond donors (Lipinski definition) is 0. The Morgan fingerprint density at radius 3 is 2.46 bits per heavy atom. The Labute approximate surface area is 158 Å². The number of methoxy groups -OCH3 is 1. The number of halogens is 1. The highest BCUT2D eigenvalue weighted by Gasteiger charge is 2.18. The lowest BCUT2D eigenvalue weighted by atomic mass is 10.2. The van der Waals surface area contributed by atoms with E-state index in [1.165, 1.54) is 37.0 Å². The molecule has 0 bridgehead atoms. The number of pyridine rings is 1. The zero-order chi connectivity index (χ0) is 19.5. The Hall–Kier alpha value is -1.87. The van der Waals surface area contributed by atoms with E-state index in [4.69, 9.17) is 16.3 Å². The summed E-state index contributed by atoms with van der Waals surface area (Å²) in [4.78, 5) is 14.0. The lowest BCUT2D eigenvalue weighted by Crippen LogP contribution is -2.31. The van der Waals surface area contributed by atoms with Crippen molar-refractivity contribution in [1.29, 1.82) is 0 Å².